The minimum Gasteiger partial charge on any atom is -0.383 e. The van der Waals surface area contributed by atoms with Gasteiger partial charge >= 0.3 is 6.18 Å². The van der Waals surface area contributed by atoms with Gasteiger partial charge in [0.05, 0.1) is 3.79 Å². The van der Waals surface area contributed by atoms with Gasteiger partial charge in [0, 0.05) is 11.3 Å². The third-order valence-corrected chi connectivity index (χ3v) is 3.05. The summed E-state index contributed by atoms with van der Waals surface area (Å²) in [4.78, 5) is 0.511. The Hall–Kier alpha value is -0.0700. The van der Waals surface area contributed by atoms with Gasteiger partial charge in [0.1, 0.15) is 0 Å². The molecule has 0 amide bonds. The minimum absolute atomic E-state index is 0.375. The van der Waals surface area contributed by atoms with Gasteiger partial charge in [-0.25, -0.2) is 0 Å². The van der Waals surface area contributed by atoms with Crippen molar-refractivity contribution in [2.24, 2.45) is 0 Å². The number of aliphatic hydroxyl groups is 1. The van der Waals surface area contributed by atoms with Crippen molar-refractivity contribution in [3.8, 4) is 0 Å². The Morgan fingerprint density at radius 1 is 1.46 bits per heavy atom. The summed E-state index contributed by atoms with van der Waals surface area (Å²) in [5.41, 5.74) is 0. The lowest BCUT2D eigenvalue weighted by Gasteiger charge is -2.12. The molecule has 6 heteroatoms. The van der Waals surface area contributed by atoms with Crippen LogP contribution in [-0.4, -0.2) is 17.4 Å². The first-order valence-corrected chi connectivity index (χ1v) is 4.99. The molecule has 74 valence electrons. The van der Waals surface area contributed by atoms with Gasteiger partial charge in [0.25, 0.3) is 0 Å². The van der Waals surface area contributed by atoms with Crippen LogP contribution in [0.2, 0.25) is 0 Å². The standard InChI is InChI=1S/C7H6BrF3OS/c8-6-2-1-4(13-6)3-5(12)7(9,10)11/h1-2,5,12H,3H2/t5-/m0/s1. The molecule has 0 saturated heterocycles. The Balaban J connectivity index is 2.60. The van der Waals surface area contributed by atoms with Crippen LogP contribution in [0.15, 0.2) is 15.9 Å². The van der Waals surface area contributed by atoms with Crippen LogP contribution in [0.3, 0.4) is 0 Å². The number of halogens is 4. The van der Waals surface area contributed by atoms with E-state index in [2.05, 4.69) is 15.9 Å². The third-order valence-electron chi connectivity index (χ3n) is 1.40. The van der Waals surface area contributed by atoms with Crippen molar-refractivity contribution in [2.75, 3.05) is 0 Å². The molecule has 0 aliphatic carbocycles. The summed E-state index contributed by atoms with van der Waals surface area (Å²) >= 11 is 4.32. The molecule has 0 unspecified atom stereocenters. The lowest BCUT2D eigenvalue weighted by atomic mass is 10.2. The van der Waals surface area contributed by atoms with E-state index in [-0.39, 0.29) is 6.42 Å². The van der Waals surface area contributed by atoms with Crippen molar-refractivity contribution in [3.63, 3.8) is 0 Å². The summed E-state index contributed by atoms with van der Waals surface area (Å²) in [5, 5.41) is 8.71. The van der Waals surface area contributed by atoms with Crippen molar-refractivity contribution in [1.29, 1.82) is 0 Å². The first-order valence-electron chi connectivity index (χ1n) is 3.38. The largest absolute Gasteiger partial charge is 0.414 e. The van der Waals surface area contributed by atoms with E-state index in [1.54, 1.807) is 12.1 Å². The number of hydrogen-bond acceptors (Lipinski definition) is 2. The fourth-order valence-corrected chi connectivity index (χ4v) is 2.29. The molecule has 0 spiro atoms. The van der Waals surface area contributed by atoms with Crippen LogP contribution in [-0.2, 0) is 6.42 Å². The first-order chi connectivity index (χ1) is 5.89. The third kappa shape index (κ3) is 3.28. The van der Waals surface area contributed by atoms with Crippen LogP contribution in [0, 0.1) is 0 Å². The summed E-state index contributed by atoms with van der Waals surface area (Å²) < 4.78 is 36.4. The maximum Gasteiger partial charge on any atom is 0.414 e. The molecule has 0 aliphatic rings. The molecule has 13 heavy (non-hydrogen) atoms. The second-order valence-electron chi connectivity index (χ2n) is 2.47. The molecule has 0 fully saturated rings. The molecule has 1 atom stereocenters. The average Bonchev–Trinajstić information content (AvgIpc) is 2.33. The van der Waals surface area contributed by atoms with E-state index in [4.69, 9.17) is 5.11 Å². The predicted molar refractivity (Wildman–Crippen MR) is 47.8 cm³/mol. The molecule has 0 aliphatic heterocycles. The number of thiophene rings is 1. The molecule has 0 bridgehead atoms. The summed E-state index contributed by atoms with van der Waals surface area (Å²) in [5.74, 6) is 0. The SMILES string of the molecule is O[C@@H](Cc1ccc(Br)s1)C(F)(F)F. The molecule has 1 aromatic heterocycles. The van der Waals surface area contributed by atoms with Gasteiger partial charge in [0.15, 0.2) is 6.10 Å². The fourth-order valence-electron chi connectivity index (χ4n) is 0.768. The van der Waals surface area contributed by atoms with Gasteiger partial charge in [-0.05, 0) is 28.1 Å². The van der Waals surface area contributed by atoms with E-state index >= 15 is 0 Å². The molecular weight excluding hydrogens is 269 g/mol. The average molecular weight is 275 g/mol. The number of hydrogen-bond donors (Lipinski definition) is 1. The second-order valence-corrected chi connectivity index (χ2v) is 5.01. The zero-order chi connectivity index (χ0) is 10.1. The number of aliphatic hydroxyl groups excluding tert-OH is 1. The van der Waals surface area contributed by atoms with Crippen LogP contribution in [0.25, 0.3) is 0 Å². The first kappa shape index (κ1) is 11.0. The highest BCUT2D eigenvalue weighted by Gasteiger charge is 2.38. The lowest BCUT2D eigenvalue weighted by molar-refractivity contribution is -0.202. The van der Waals surface area contributed by atoms with Gasteiger partial charge in [-0.15, -0.1) is 11.3 Å². The van der Waals surface area contributed by atoms with Gasteiger partial charge < -0.3 is 5.11 Å². The van der Waals surface area contributed by atoms with E-state index in [1.807, 2.05) is 0 Å². The van der Waals surface area contributed by atoms with Gasteiger partial charge in [-0.1, -0.05) is 0 Å². The Morgan fingerprint density at radius 2 is 2.08 bits per heavy atom. The maximum atomic E-state index is 11.9. The Morgan fingerprint density at radius 3 is 2.46 bits per heavy atom. The van der Waals surface area contributed by atoms with E-state index < -0.39 is 12.3 Å². The summed E-state index contributed by atoms with van der Waals surface area (Å²) in [6.45, 7) is 0. The quantitative estimate of drug-likeness (QED) is 0.879. The smallest absolute Gasteiger partial charge is 0.383 e. The van der Waals surface area contributed by atoms with Crippen molar-refractivity contribution < 1.29 is 18.3 Å². The van der Waals surface area contributed by atoms with Crippen molar-refractivity contribution in [2.45, 2.75) is 18.7 Å². The molecule has 0 aromatic carbocycles. The van der Waals surface area contributed by atoms with Gasteiger partial charge in [-0.3, -0.25) is 0 Å². The maximum absolute atomic E-state index is 11.9. The Labute approximate surface area is 85.3 Å². The summed E-state index contributed by atoms with van der Waals surface area (Å²) in [6, 6.07) is 3.22. The highest BCUT2D eigenvalue weighted by atomic mass is 79.9. The summed E-state index contributed by atoms with van der Waals surface area (Å²) in [6.07, 6.45) is -7.17. The summed E-state index contributed by atoms with van der Waals surface area (Å²) in [7, 11) is 0. The van der Waals surface area contributed by atoms with Gasteiger partial charge in [-0.2, -0.15) is 13.2 Å². The Bertz CT molecular complexity index is 284. The van der Waals surface area contributed by atoms with E-state index in [9.17, 15) is 13.2 Å². The fraction of sp³-hybridized carbons (Fsp3) is 0.429. The topological polar surface area (TPSA) is 20.2 Å². The molecular formula is C7H6BrF3OS. The second kappa shape index (κ2) is 3.98. The minimum atomic E-state index is -4.53. The molecule has 0 radical (unpaired) electrons. The van der Waals surface area contributed by atoms with Crippen LogP contribution >= 0.6 is 27.3 Å². The highest BCUT2D eigenvalue weighted by Crippen LogP contribution is 2.27. The molecule has 1 rings (SSSR count). The van der Waals surface area contributed by atoms with Crippen LogP contribution in [0.1, 0.15) is 4.88 Å². The molecule has 0 saturated carbocycles. The van der Waals surface area contributed by atoms with E-state index in [0.717, 1.165) is 3.79 Å². The zero-order valence-corrected chi connectivity index (χ0v) is 8.71. The molecule has 1 N–H and O–H groups in total. The van der Waals surface area contributed by atoms with E-state index in [0.29, 0.717) is 4.88 Å². The van der Waals surface area contributed by atoms with Crippen LogP contribution < -0.4 is 0 Å². The number of rotatable bonds is 2. The molecule has 1 aromatic rings. The van der Waals surface area contributed by atoms with Crippen LogP contribution in [0.4, 0.5) is 13.2 Å². The monoisotopic (exact) mass is 274 g/mol. The van der Waals surface area contributed by atoms with E-state index in [1.165, 1.54) is 11.3 Å². The number of alkyl halides is 3. The van der Waals surface area contributed by atoms with Gasteiger partial charge in [0.2, 0.25) is 0 Å². The van der Waals surface area contributed by atoms with Crippen molar-refractivity contribution in [1.82, 2.24) is 0 Å². The zero-order valence-electron chi connectivity index (χ0n) is 6.31. The van der Waals surface area contributed by atoms with Crippen molar-refractivity contribution in [3.05, 3.63) is 20.8 Å². The van der Waals surface area contributed by atoms with Crippen molar-refractivity contribution >= 4 is 27.3 Å². The molecule has 1 heterocycles. The lowest BCUT2D eigenvalue weighted by Crippen LogP contribution is -2.30. The Kier molecular flexibility index (Phi) is 3.37. The normalized spacial score (nSPS) is 14.5. The van der Waals surface area contributed by atoms with Crippen LogP contribution in [0.5, 0.6) is 0 Å². The molecule has 1 nitrogen and oxygen atoms in total. The highest BCUT2D eigenvalue weighted by molar-refractivity contribution is 9.11. The predicted octanol–water partition coefficient (Wildman–Crippen LogP) is 2.98.